The van der Waals surface area contributed by atoms with Gasteiger partial charge >= 0.3 is 0 Å². The molecule has 4 rings (SSSR count). The highest BCUT2D eigenvalue weighted by Crippen LogP contribution is 2.33. The Morgan fingerprint density at radius 1 is 0.900 bits per heavy atom. The molecule has 0 aliphatic carbocycles. The lowest BCUT2D eigenvalue weighted by molar-refractivity contribution is 1.20. The van der Waals surface area contributed by atoms with Gasteiger partial charge < -0.3 is 4.98 Å². The second kappa shape index (κ2) is 4.17. The minimum Gasteiger partial charge on any atom is -0.346 e. The van der Waals surface area contributed by atoms with Crippen molar-refractivity contribution in [2.75, 3.05) is 0 Å². The van der Waals surface area contributed by atoms with Crippen LogP contribution in [0.25, 0.3) is 33.1 Å². The number of hydrogen-bond donors (Lipinski definition) is 1. The summed E-state index contributed by atoms with van der Waals surface area (Å²) in [6.07, 6.45) is 3.53. The Balaban J connectivity index is 2.17. The highest BCUT2D eigenvalue weighted by molar-refractivity contribution is 6.03. The number of hydrogen-bond acceptors (Lipinski definition) is 2. The fourth-order valence-electron chi connectivity index (χ4n) is 2.77. The normalized spacial score (nSPS) is 11.2. The molecule has 2 heterocycles. The maximum atomic E-state index is 4.53. The number of benzene rings is 2. The predicted octanol–water partition coefficient (Wildman–Crippen LogP) is 4.09. The highest BCUT2D eigenvalue weighted by Gasteiger charge is 2.12. The van der Waals surface area contributed by atoms with E-state index in [-0.39, 0.29) is 0 Å². The van der Waals surface area contributed by atoms with Crippen LogP contribution in [0.3, 0.4) is 0 Å². The van der Waals surface area contributed by atoms with Gasteiger partial charge in [0.1, 0.15) is 12.0 Å². The van der Waals surface area contributed by atoms with Gasteiger partial charge in [-0.25, -0.2) is 9.97 Å². The van der Waals surface area contributed by atoms with E-state index in [0.29, 0.717) is 0 Å². The van der Waals surface area contributed by atoms with Gasteiger partial charge in [-0.1, -0.05) is 36.4 Å². The molecule has 4 aromatic rings. The van der Waals surface area contributed by atoms with Gasteiger partial charge in [-0.2, -0.15) is 0 Å². The molecule has 2 aromatic heterocycles. The van der Waals surface area contributed by atoms with E-state index >= 15 is 0 Å². The third-order valence-corrected chi connectivity index (χ3v) is 3.73. The van der Waals surface area contributed by atoms with Crippen molar-refractivity contribution in [2.45, 2.75) is 6.92 Å². The van der Waals surface area contributed by atoms with Crippen LogP contribution < -0.4 is 0 Å². The van der Waals surface area contributed by atoms with Crippen molar-refractivity contribution in [2.24, 2.45) is 0 Å². The number of nitrogens with zero attached hydrogens (tertiary/aromatic N) is 2. The summed E-state index contributed by atoms with van der Waals surface area (Å²) in [7, 11) is 0. The standard InChI is InChI=1S/C17H13N3/c1-11-6-7-12-4-2-3-5-13(12)15(11)16-14-8-9-18-17(14)20-10-19-16/h2-10H,1H3,(H,18,19,20). The quantitative estimate of drug-likeness (QED) is 0.559. The van der Waals surface area contributed by atoms with Crippen molar-refractivity contribution in [3.05, 3.63) is 60.6 Å². The molecule has 0 saturated heterocycles. The Hall–Kier alpha value is -2.68. The number of rotatable bonds is 1. The molecule has 3 heteroatoms. The molecule has 0 fully saturated rings. The van der Waals surface area contributed by atoms with Crippen LogP contribution in [-0.2, 0) is 0 Å². The van der Waals surface area contributed by atoms with Gasteiger partial charge in [-0.15, -0.1) is 0 Å². The van der Waals surface area contributed by atoms with E-state index in [1.165, 1.54) is 21.9 Å². The van der Waals surface area contributed by atoms with E-state index in [1.807, 2.05) is 12.3 Å². The molecule has 1 N–H and O–H groups in total. The van der Waals surface area contributed by atoms with E-state index in [9.17, 15) is 0 Å². The molecule has 2 aromatic carbocycles. The summed E-state index contributed by atoms with van der Waals surface area (Å²) in [4.78, 5) is 11.9. The van der Waals surface area contributed by atoms with Crippen molar-refractivity contribution in [3.8, 4) is 11.3 Å². The highest BCUT2D eigenvalue weighted by atomic mass is 14.9. The zero-order valence-corrected chi connectivity index (χ0v) is 11.1. The summed E-state index contributed by atoms with van der Waals surface area (Å²) < 4.78 is 0. The van der Waals surface area contributed by atoms with Gasteiger partial charge in [0.05, 0.1) is 5.69 Å². The maximum absolute atomic E-state index is 4.53. The number of nitrogens with one attached hydrogen (secondary N) is 1. The fraction of sp³-hybridized carbons (Fsp3) is 0.0588. The molecule has 0 aliphatic heterocycles. The first kappa shape index (κ1) is 11.2. The molecule has 96 valence electrons. The Morgan fingerprint density at radius 2 is 1.80 bits per heavy atom. The van der Waals surface area contributed by atoms with Gasteiger partial charge in [0.15, 0.2) is 0 Å². The first-order valence-electron chi connectivity index (χ1n) is 6.61. The molecular weight excluding hydrogens is 246 g/mol. The molecule has 0 amide bonds. The molecule has 20 heavy (non-hydrogen) atoms. The van der Waals surface area contributed by atoms with E-state index in [4.69, 9.17) is 0 Å². The van der Waals surface area contributed by atoms with Crippen LogP contribution in [0, 0.1) is 6.92 Å². The molecule has 3 nitrogen and oxygen atoms in total. The average molecular weight is 259 g/mol. The topological polar surface area (TPSA) is 41.6 Å². The average Bonchev–Trinajstić information content (AvgIpc) is 2.96. The third kappa shape index (κ3) is 1.53. The van der Waals surface area contributed by atoms with Crippen molar-refractivity contribution in [1.29, 1.82) is 0 Å². The number of aryl methyl sites for hydroxylation is 1. The summed E-state index contributed by atoms with van der Waals surface area (Å²) in [6.45, 7) is 2.13. The van der Waals surface area contributed by atoms with Gasteiger partial charge in [0.2, 0.25) is 0 Å². The van der Waals surface area contributed by atoms with Crippen LogP contribution in [-0.4, -0.2) is 15.0 Å². The molecular formula is C17H13N3. The SMILES string of the molecule is Cc1ccc2ccccc2c1-c1ncnc2[nH]ccc12. The molecule has 0 atom stereocenters. The number of H-pyrrole nitrogens is 1. The van der Waals surface area contributed by atoms with Crippen LogP contribution in [0.2, 0.25) is 0 Å². The van der Waals surface area contributed by atoms with Crippen molar-refractivity contribution < 1.29 is 0 Å². The van der Waals surface area contributed by atoms with Crippen LogP contribution >= 0.6 is 0 Å². The van der Waals surface area contributed by atoms with Gasteiger partial charge in [0, 0.05) is 17.1 Å². The smallest absolute Gasteiger partial charge is 0.141 e. The molecule has 0 bridgehead atoms. The maximum Gasteiger partial charge on any atom is 0.141 e. The van der Waals surface area contributed by atoms with E-state index in [2.05, 4.69) is 58.3 Å². The van der Waals surface area contributed by atoms with Gasteiger partial charge in [0.25, 0.3) is 0 Å². The minimum absolute atomic E-state index is 0.877. The zero-order valence-electron chi connectivity index (χ0n) is 11.1. The lowest BCUT2D eigenvalue weighted by atomic mass is 9.96. The Morgan fingerprint density at radius 3 is 2.75 bits per heavy atom. The molecule has 0 spiro atoms. The summed E-state index contributed by atoms with van der Waals surface area (Å²) in [5.41, 5.74) is 4.29. The minimum atomic E-state index is 0.877. The third-order valence-electron chi connectivity index (χ3n) is 3.73. The van der Waals surface area contributed by atoms with E-state index < -0.39 is 0 Å². The first-order valence-corrected chi connectivity index (χ1v) is 6.61. The molecule has 0 radical (unpaired) electrons. The van der Waals surface area contributed by atoms with E-state index in [0.717, 1.165) is 16.7 Å². The Bertz CT molecular complexity index is 922. The van der Waals surface area contributed by atoms with Crippen LogP contribution in [0.4, 0.5) is 0 Å². The van der Waals surface area contributed by atoms with Crippen molar-refractivity contribution in [3.63, 3.8) is 0 Å². The number of fused-ring (bicyclic) bond motifs is 2. The summed E-state index contributed by atoms with van der Waals surface area (Å²) in [5.74, 6) is 0. The zero-order chi connectivity index (χ0) is 13.5. The van der Waals surface area contributed by atoms with Gasteiger partial charge in [-0.05, 0) is 29.3 Å². The summed E-state index contributed by atoms with van der Waals surface area (Å²) in [5, 5.41) is 3.52. The van der Waals surface area contributed by atoms with Crippen molar-refractivity contribution >= 4 is 21.8 Å². The lowest BCUT2D eigenvalue weighted by Crippen LogP contribution is -1.91. The molecule has 0 aliphatic rings. The number of aromatic nitrogens is 3. The van der Waals surface area contributed by atoms with Crippen molar-refractivity contribution in [1.82, 2.24) is 15.0 Å². The van der Waals surface area contributed by atoms with E-state index in [1.54, 1.807) is 6.33 Å². The van der Waals surface area contributed by atoms with Crippen LogP contribution in [0.1, 0.15) is 5.56 Å². The fourth-order valence-corrected chi connectivity index (χ4v) is 2.77. The monoisotopic (exact) mass is 259 g/mol. The first-order chi connectivity index (χ1) is 9.84. The lowest BCUT2D eigenvalue weighted by Gasteiger charge is -2.10. The van der Waals surface area contributed by atoms with Crippen LogP contribution in [0.15, 0.2) is 55.0 Å². The second-order valence-corrected chi connectivity index (χ2v) is 4.94. The molecule has 0 unspecified atom stereocenters. The van der Waals surface area contributed by atoms with Crippen LogP contribution in [0.5, 0.6) is 0 Å². The number of aromatic amines is 1. The van der Waals surface area contributed by atoms with Gasteiger partial charge in [-0.3, -0.25) is 0 Å². The molecule has 0 saturated carbocycles. The summed E-state index contributed by atoms with van der Waals surface area (Å²) in [6, 6.07) is 14.8. The predicted molar refractivity (Wildman–Crippen MR) is 81.6 cm³/mol. The Kier molecular flexibility index (Phi) is 2.33. The largest absolute Gasteiger partial charge is 0.346 e. The summed E-state index contributed by atoms with van der Waals surface area (Å²) >= 11 is 0. The Labute approximate surface area is 116 Å². The second-order valence-electron chi connectivity index (χ2n) is 4.94.